The third-order valence-electron chi connectivity index (χ3n) is 3.51. The topological polar surface area (TPSA) is 53.6 Å². The number of nitrogens with two attached hydrogens (primary N) is 1. The lowest BCUT2D eigenvalue weighted by Gasteiger charge is -2.31. The lowest BCUT2D eigenvalue weighted by molar-refractivity contribution is 0.748. The number of aliphatic imine (C=N–C) groups is 1. The molecule has 2 rings (SSSR count). The van der Waals surface area contributed by atoms with E-state index in [0.717, 1.165) is 44.7 Å². The van der Waals surface area contributed by atoms with Crippen LogP contribution in [0.1, 0.15) is 37.3 Å². The number of benzene rings is 1. The number of hydrogen-bond acceptors (Lipinski definition) is 2. The van der Waals surface area contributed by atoms with Crippen LogP contribution in [0.5, 0.6) is 0 Å². The van der Waals surface area contributed by atoms with E-state index in [9.17, 15) is 0 Å². The molecule has 0 saturated heterocycles. The molecule has 0 fully saturated rings. The van der Waals surface area contributed by atoms with Gasteiger partial charge in [-0.25, -0.2) is 5.84 Å². The Labute approximate surface area is 115 Å². The highest BCUT2D eigenvalue weighted by Gasteiger charge is 2.20. The summed E-state index contributed by atoms with van der Waals surface area (Å²) in [6.45, 7) is 6.11. The van der Waals surface area contributed by atoms with E-state index in [1.165, 1.54) is 16.8 Å². The molecule has 19 heavy (non-hydrogen) atoms. The van der Waals surface area contributed by atoms with Gasteiger partial charge in [0.05, 0.1) is 0 Å². The summed E-state index contributed by atoms with van der Waals surface area (Å²) in [5, 5.41) is 0. The molecule has 104 valence electrons. The molecule has 0 aliphatic carbocycles. The molecule has 1 aromatic carbocycles. The molecule has 4 nitrogen and oxygen atoms in total. The molecule has 0 saturated carbocycles. The predicted molar refractivity (Wildman–Crippen MR) is 81.4 cm³/mol. The minimum absolute atomic E-state index is 0.790. The summed E-state index contributed by atoms with van der Waals surface area (Å²) in [6.07, 6.45) is 4.53. The molecule has 0 spiro atoms. The summed E-state index contributed by atoms with van der Waals surface area (Å²) in [4.78, 5) is 6.79. The van der Waals surface area contributed by atoms with Crippen molar-refractivity contribution >= 4 is 11.6 Å². The van der Waals surface area contributed by atoms with Crippen molar-refractivity contribution in [2.45, 2.75) is 39.5 Å². The average molecular weight is 260 g/mol. The van der Waals surface area contributed by atoms with E-state index in [0.29, 0.717) is 0 Å². The zero-order valence-corrected chi connectivity index (χ0v) is 11.9. The molecule has 4 heteroatoms. The Morgan fingerprint density at radius 3 is 3.05 bits per heavy atom. The number of guanidine groups is 1. The third kappa shape index (κ3) is 3.26. The summed E-state index contributed by atoms with van der Waals surface area (Å²) in [6, 6.07) is 6.59. The Balaban J connectivity index is 2.23. The van der Waals surface area contributed by atoms with Gasteiger partial charge >= 0.3 is 0 Å². The van der Waals surface area contributed by atoms with Crippen LogP contribution in [0.4, 0.5) is 5.69 Å². The third-order valence-corrected chi connectivity index (χ3v) is 3.51. The van der Waals surface area contributed by atoms with Gasteiger partial charge in [0.2, 0.25) is 5.96 Å². The standard InChI is InChI=1S/C15H24N4/c1-3-4-9-17-15(18-16)19-10-5-6-13-11-12(2)7-8-14(13)19/h7-8,11H,3-6,9-10,16H2,1-2H3,(H,17,18). The molecule has 0 atom stereocenters. The maximum absolute atomic E-state index is 5.65. The quantitative estimate of drug-likeness (QED) is 0.288. The molecular weight excluding hydrogens is 236 g/mol. The Morgan fingerprint density at radius 1 is 1.47 bits per heavy atom. The van der Waals surface area contributed by atoms with Crippen LogP contribution in [0.3, 0.4) is 0 Å². The van der Waals surface area contributed by atoms with Crippen molar-refractivity contribution in [1.29, 1.82) is 0 Å². The van der Waals surface area contributed by atoms with Crippen LogP contribution in [0.25, 0.3) is 0 Å². The molecule has 1 aliphatic heterocycles. The van der Waals surface area contributed by atoms with E-state index in [2.05, 4.69) is 47.4 Å². The first-order chi connectivity index (χ1) is 9.26. The molecule has 1 heterocycles. The number of fused-ring (bicyclic) bond motifs is 1. The number of anilines is 1. The molecule has 3 N–H and O–H groups in total. The zero-order chi connectivity index (χ0) is 13.7. The lowest BCUT2D eigenvalue weighted by atomic mass is 10.00. The molecule has 0 bridgehead atoms. The van der Waals surface area contributed by atoms with Crippen molar-refractivity contribution in [2.75, 3.05) is 18.0 Å². The van der Waals surface area contributed by atoms with Gasteiger partial charge in [-0.15, -0.1) is 0 Å². The van der Waals surface area contributed by atoms with Gasteiger partial charge in [-0.2, -0.15) is 0 Å². The number of nitrogens with zero attached hydrogens (tertiary/aromatic N) is 2. The summed E-state index contributed by atoms with van der Waals surface area (Å²) in [5.74, 6) is 6.44. The lowest BCUT2D eigenvalue weighted by Crippen LogP contribution is -2.47. The van der Waals surface area contributed by atoms with Crippen molar-refractivity contribution in [3.63, 3.8) is 0 Å². The van der Waals surface area contributed by atoms with Gasteiger partial charge in [-0.1, -0.05) is 31.0 Å². The number of nitrogens with one attached hydrogen (secondary N) is 1. The highest BCUT2D eigenvalue weighted by atomic mass is 15.4. The average Bonchev–Trinajstić information content (AvgIpc) is 2.43. The molecule has 0 radical (unpaired) electrons. The van der Waals surface area contributed by atoms with Crippen LogP contribution in [-0.4, -0.2) is 19.0 Å². The second kappa shape index (κ2) is 6.57. The van der Waals surface area contributed by atoms with E-state index in [-0.39, 0.29) is 0 Å². The van der Waals surface area contributed by atoms with Crippen molar-refractivity contribution in [1.82, 2.24) is 5.43 Å². The fraction of sp³-hybridized carbons (Fsp3) is 0.533. The molecule has 1 aliphatic rings. The number of unbranched alkanes of at least 4 members (excludes halogenated alkanes) is 1. The van der Waals surface area contributed by atoms with Crippen LogP contribution in [0.15, 0.2) is 23.2 Å². The van der Waals surface area contributed by atoms with E-state index in [1.54, 1.807) is 0 Å². The molecule has 0 amide bonds. The van der Waals surface area contributed by atoms with Crippen molar-refractivity contribution < 1.29 is 0 Å². The fourth-order valence-electron chi connectivity index (χ4n) is 2.50. The summed E-state index contributed by atoms with van der Waals surface area (Å²) < 4.78 is 0. The second-order valence-corrected chi connectivity index (χ2v) is 5.09. The highest BCUT2D eigenvalue weighted by molar-refractivity contribution is 5.96. The highest BCUT2D eigenvalue weighted by Crippen LogP contribution is 2.27. The van der Waals surface area contributed by atoms with Gasteiger partial charge in [-0.3, -0.25) is 10.4 Å². The zero-order valence-electron chi connectivity index (χ0n) is 11.9. The van der Waals surface area contributed by atoms with Crippen LogP contribution < -0.4 is 16.2 Å². The Kier molecular flexibility index (Phi) is 4.80. The minimum Gasteiger partial charge on any atom is -0.311 e. The SMILES string of the molecule is CCCCN=C(NN)N1CCCc2cc(C)ccc21. The van der Waals surface area contributed by atoms with Gasteiger partial charge in [0.1, 0.15) is 0 Å². The Bertz CT molecular complexity index is 453. The first kappa shape index (κ1) is 13.9. The number of rotatable bonds is 3. The number of hydrogen-bond donors (Lipinski definition) is 2. The van der Waals surface area contributed by atoms with E-state index >= 15 is 0 Å². The van der Waals surface area contributed by atoms with Crippen LogP contribution in [-0.2, 0) is 6.42 Å². The predicted octanol–water partition coefficient (Wildman–Crippen LogP) is 2.37. The Morgan fingerprint density at radius 2 is 2.32 bits per heavy atom. The van der Waals surface area contributed by atoms with Gasteiger partial charge in [0, 0.05) is 18.8 Å². The van der Waals surface area contributed by atoms with Crippen molar-refractivity contribution in [3.8, 4) is 0 Å². The maximum Gasteiger partial charge on any atom is 0.212 e. The largest absolute Gasteiger partial charge is 0.311 e. The van der Waals surface area contributed by atoms with Crippen molar-refractivity contribution in [3.05, 3.63) is 29.3 Å². The van der Waals surface area contributed by atoms with Gasteiger partial charge in [0.25, 0.3) is 0 Å². The van der Waals surface area contributed by atoms with Crippen LogP contribution >= 0.6 is 0 Å². The smallest absolute Gasteiger partial charge is 0.212 e. The maximum atomic E-state index is 5.65. The molecule has 0 aromatic heterocycles. The molecule has 0 unspecified atom stereocenters. The summed E-state index contributed by atoms with van der Waals surface area (Å²) in [7, 11) is 0. The van der Waals surface area contributed by atoms with Gasteiger partial charge in [-0.05, 0) is 37.8 Å². The van der Waals surface area contributed by atoms with Crippen molar-refractivity contribution in [2.24, 2.45) is 10.8 Å². The van der Waals surface area contributed by atoms with E-state index in [1.807, 2.05) is 0 Å². The summed E-state index contributed by atoms with van der Waals surface area (Å²) >= 11 is 0. The normalized spacial score (nSPS) is 15.3. The van der Waals surface area contributed by atoms with Crippen LogP contribution in [0, 0.1) is 6.92 Å². The molecular formula is C15H24N4. The Hall–Kier alpha value is -1.55. The van der Waals surface area contributed by atoms with E-state index in [4.69, 9.17) is 5.84 Å². The first-order valence-electron chi connectivity index (χ1n) is 7.14. The fourth-order valence-corrected chi connectivity index (χ4v) is 2.50. The molecule has 1 aromatic rings. The summed E-state index contributed by atoms with van der Waals surface area (Å²) in [5.41, 5.74) is 6.71. The second-order valence-electron chi connectivity index (χ2n) is 5.09. The van der Waals surface area contributed by atoms with Crippen LogP contribution in [0.2, 0.25) is 0 Å². The van der Waals surface area contributed by atoms with E-state index < -0.39 is 0 Å². The van der Waals surface area contributed by atoms with Gasteiger partial charge < -0.3 is 4.90 Å². The van der Waals surface area contributed by atoms with Gasteiger partial charge in [0.15, 0.2) is 0 Å². The minimum atomic E-state index is 0.790. The first-order valence-corrected chi connectivity index (χ1v) is 7.14. The number of aryl methyl sites for hydroxylation is 2. The number of hydrazine groups is 1. The monoisotopic (exact) mass is 260 g/mol.